The summed E-state index contributed by atoms with van der Waals surface area (Å²) in [5.74, 6) is 1.18. The Kier molecular flexibility index (Phi) is 5.51. The normalized spacial score (nSPS) is 14.3. The smallest absolute Gasteiger partial charge is 0.254 e. The van der Waals surface area contributed by atoms with Gasteiger partial charge in [0.25, 0.3) is 5.91 Å². The Morgan fingerprint density at radius 1 is 1.19 bits per heavy atom. The molecule has 1 fully saturated rings. The van der Waals surface area contributed by atoms with Crippen LogP contribution in [0.1, 0.15) is 37.0 Å². The molecule has 1 amide bonds. The summed E-state index contributed by atoms with van der Waals surface area (Å²) in [5, 5.41) is 3.21. The lowest BCUT2D eigenvalue weighted by Gasteiger charge is -2.31. The number of benzene rings is 1. The van der Waals surface area contributed by atoms with Gasteiger partial charge in [0.1, 0.15) is 11.4 Å². The van der Waals surface area contributed by atoms with Gasteiger partial charge in [-0.3, -0.25) is 4.79 Å². The number of carbonyl (C=O) groups is 1. The van der Waals surface area contributed by atoms with Gasteiger partial charge in [0.2, 0.25) is 5.95 Å². The molecule has 1 aromatic carbocycles. The zero-order chi connectivity index (χ0) is 22.0. The van der Waals surface area contributed by atoms with E-state index in [0.717, 1.165) is 24.1 Å². The molecule has 31 heavy (non-hydrogen) atoms. The van der Waals surface area contributed by atoms with E-state index in [1.807, 2.05) is 29.2 Å². The largest absolute Gasteiger partial charge is 0.365 e. The highest BCUT2D eigenvalue weighted by molar-refractivity contribution is 5.98. The molecule has 0 bridgehead atoms. The molecule has 0 radical (unpaired) electrons. The van der Waals surface area contributed by atoms with Crippen LogP contribution in [0.4, 0.5) is 17.5 Å². The Morgan fingerprint density at radius 2 is 1.94 bits per heavy atom. The number of carbonyl (C=O) groups excluding carboxylic acids is 1. The summed E-state index contributed by atoms with van der Waals surface area (Å²) in [4.78, 5) is 31.6. The highest BCUT2D eigenvalue weighted by atomic mass is 16.1. The van der Waals surface area contributed by atoms with Crippen molar-refractivity contribution in [1.29, 1.82) is 0 Å². The molecule has 9 heteroatoms. The number of hydrogen-bond acceptors (Lipinski definition) is 8. The van der Waals surface area contributed by atoms with Gasteiger partial charge in [-0.25, -0.2) is 15.0 Å². The molecule has 3 aromatic rings. The molecule has 0 aliphatic heterocycles. The third kappa shape index (κ3) is 4.61. The van der Waals surface area contributed by atoms with Crippen LogP contribution in [0.15, 0.2) is 48.9 Å². The summed E-state index contributed by atoms with van der Waals surface area (Å²) < 4.78 is 0. The van der Waals surface area contributed by atoms with Gasteiger partial charge in [0.15, 0.2) is 5.82 Å². The number of nitrogens with two attached hydrogens (primary N) is 2. The van der Waals surface area contributed by atoms with Crippen LogP contribution in [0.25, 0.3) is 11.4 Å². The zero-order valence-electron chi connectivity index (χ0n) is 17.6. The second kappa shape index (κ2) is 8.27. The van der Waals surface area contributed by atoms with Gasteiger partial charge >= 0.3 is 0 Å². The van der Waals surface area contributed by atoms with Gasteiger partial charge in [0.05, 0.1) is 5.66 Å². The number of hydrogen-bond donors (Lipinski definition) is 3. The molecule has 160 valence electrons. The second-order valence-electron chi connectivity index (χ2n) is 8.18. The van der Waals surface area contributed by atoms with Crippen LogP contribution in [0, 0.1) is 5.92 Å². The van der Waals surface area contributed by atoms with Crippen LogP contribution in [-0.4, -0.2) is 38.1 Å². The number of rotatable bonds is 8. The minimum atomic E-state index is -0.610. The standard InChI is InChI=1S/C22H26N8O/c1-14(2)13-30(22(24)7-8-22)21-27-12-17(18(23)31)20(29-21)28-16-6-3-5-15(11-16)19-25-9-4-10-26-19/h3-6,9-12,14H,7-8,13,24H2,1-2H3,(H2,23,31)(H,27,28,29). The summed E-state index contributed by atoms with van der Waals surface area (Å²) in [6.45, 7) is 4.95. The monoisotopic (exact) mass is 418 g/mol. The lowest BCUT2D eigenvalue weighted by Crippen LogP contribution is -2.47. The molecule has 5 N–H and O–H groups in total. The number of primary amides is 1. The van der Waals surface area contributed by atoms with E-state index in [9.17, 15) is 4.79 Å². The van der Waals surface area contributed by atoms with E-state index in [4.69, 9.17) is 11.5 Å². The molecule has 0 unspecified atom stereocenters. The predicted octanol–water partition coefficient (Wildman–Crippen LogP) is 2.69. The molecule has 1 aliphatic rings. The van der Waals surface area contributed by atoms with Crippen molar-refractivity contribution in [1.82, 2.24) is 19.9 Å². The highest BCUT2D eigenvalue weighted by Crippen LogP contribution is 2.39. The topological polar surface area (TPSA) is 136 Å². The van der Waals surface area contributed by atoms with Crippen molar-refractivity contribution >= 4 is 23.4 Å². The van der Waals surface area contributed by atoms with Crippen LogP contribution in [0.5, 0.6) is 0 Å². The minimum Gasteiger partial charge on any atom is -0.365 e. The Labute approximate surface area is 180 Å². The molecule has 1 saturated carbocycles. The van der Waals surface area contributed by atoms with Crippen molar-refractivity contribution in [3.63, 3.8) is 0 Å². The number of nitrogens with one attached hydrogen (secondary N) is 1. The molecule has 9 nitrogen and oxygen atoms in total. The van der Waals surface area contributed by atoms with Crippen molar-refractivity contribution < 1.29 is 4.79 Å². The van der Waals surface area contributed by atoms with Gasteiger partial charge < -0.3 is 21.7 Å². The SMILES string of the molecule is CC(C)CN(c1ncc(C(N)=O)c(Nc2cccc(-c3ncccn3)c2)n1)C1(N)CC1. The maximum absolute atomic E-state index is 12.0. The van der Waals surface area contributed by atoms with E-state index in [2.05, 4.69) is 39.1 Å². The summed E-state index contributed by atoms with van der Waals surface area (Å²) in [6, 6.07) is 9.32. The minimum absolute atomic E-state index is 0.205. The van der Waals surface area contributed by atoms with Gasteiger partial charge in [0, 0.05) is 36.4 Å². The fourth-order valence-corrected chi connectivity index (χ4v) is 3.32. The molecule has 2 heterocycles. The van der Waals surface area contributed by atoms with E-state index in [1.54, 1.807) is 18.5 Å². The summed E-state index contributed by atoms with van der Waals surface area (Å²) in [6.07, 6.45) is 6.59. The van der Waals surface area contributed by atoms with E-state index in [0.29, 0.717) is 30.1 Å². The van der Waals surface area contributed by atoms with E-state index in [1.165, 1.54) is 6.20 Å². The van der Waals surface area contributed by atoms with Crippen molar-refractivity contribution in [2.24, 2.45) is 17.4 Å². The van der Waals surface area contributed by atoms with Crippen LogP contribution >= 0.6 is 0 Å². The first-order chi connectivity index (χ1) is 14.9. The lowest BCUT2D eigenvalue weighted by molar-refractivity contribution is 0.100. The van der Waals surface area contributed by atoms with E-state index >= 15 is 0 Å². The summed E-state index contributed by atoms with van der Waals surface area (Å²) in [7, 11) is 0. The highest BCUT2D eigenvalue weighted by Gasteiger charge is 2.45. The first-order valence-electron chi connectivity index (χ1n) is 10.2. The maximum atomic E-state index is 12.0. The van der Waals surface area contributed by atoms with Crippen molar-refractivity contribution in [3.05, 3.63) is 54.5 Å². The molecule has 2 aromatic heterocycles. The first-order valence-corrected chi connectivity index (χ1v) is 10.2. The van der Waals surface area contributed by atoms with Gasteiger partial charge in [-0.2, -0.15) is 4.98 Å². The number of amides is 1. The third-order valence-corrected chi connectivity index (χ3v) is 5.08. The Balaban J connectivity index is 1.69. The summed E-state index contributed by atoms with van der Waals surface area (Å²) in [5.41, 5.74) is 13.4. The molecule has 0 atom stereocenters. The average molecular weight is 419 g/mol. The molecule has 0 saturated heterocycles. The van der Waals surface area contributed by atoms with Crippen LogP contribution in [-0.2, 0) is 0 Å². The number of nitrogens with zero attached hydrogens (tertiary/aromatic N) is 5. The number of anilines is 3. The van der Waals surface area contributed by atoms with E-state index in [-0.39, 0.29) is 5.56 Å². The second-order valence-corrected chi connectivity index (χ2v) is 8.18. The Morgan fingerprint density at radius 3 is 2.58 bits per heavy atom. The zero-order valence-corrected chi connectivity index (χ0v) is 17.6. The van der Waals surface area contributed by atoms with Crippen molar-refractivity contribution in [2.45, 2.75) is 32.4 Å². The first kappa shape index (κ1) is 20.7. The van der Waals surface area contributed by atoms with Gasteiger partial charge in [-0.1, -0.05) is 26.0 Å². The van der Waals surface area contributed by atoms with Crippen LogP contribution < -0.4 is 21.7 Å². The number of aromatic nitrogens is 4. The molecule has 0 spiro atoms. The van der Waals surface area contributed by atoms with Crippen LogP contribution in [0.3, 0.4) is 0 Å². The molecular formula is C22H26N8O. The molecular weight excluding hydrogens is 392 g/mol. The molecule has 4 rings (SSSR count). The van der Waals surface area contributed by atoms with E-state index < -0.39 is 11.6 Å². The van der Waals surface area contributed by atoms with Crippen molar-refractivity contribution in [2.75, 3.05) is 16.8 Å². The van der Waals surface area contributed by atoms with Crippen molar-refractivity contribution in [3.8, 4) is 11.4 Å². The maximum Gasteiger partial charge on any atom is 0.254 e. The third-order valence-electron chi connectivity index (χ3n) is 5.08. The summed E-state index contributed by atoms with van der Waals surface area (Å²) >= 11 is 0. The fraction of sp³-hybridized carbons (Fsp3) is 0.318. The Hall–Kier alpha value is -3.59. The van der Waals surface area contributed by atoms with Crippen LogP contribution in [0.2, 0.25) is 0 Å². The van der Waals surface area contributed by atoms with Gasteiger partial charge in [-0.05, 0) is 37.0 Å². The quantitative estimate of drug-likeness (QED) is 0.475. The fourth-order valence-electron chi connectivity index (χ4n) is 3.32. The van der Waals surface area contributed by atoms with Gasteiger partial charge in [-0.15, -0.1) is 0 Å². The molecule has 1 aliphatic carbocycles. The Bertz CT molecular complexity index is 1080. The predicted molar refractivity (Wildman–Crippen MR) is 120 cm³/mol. The lowest BCUT2D eigenvalue weighted by atomic mass is 10.2. The average Bonchev–Trinajstić information content (AvgIpc) is 3.51.